The number of thiophene rings is 1. The van der Waals surface area contributed by atoms with Crippen LogP contribution in [0, 0.1) is 11.3 Å². The van der Waals surface area contributed by atoms with E-state index in [2.05, 4.69) is 39.8 Å². The fourth-order valence-corrected chi connectivity index (χ4v) is 6.19. The predicted molar refractivity (Wildman–Crippen MR) is 121 cm³/mol. The normalized spacial score (nSPS) is 17.1. The van der Waals surface area contributed by atoms with E-state index in [4.69, 9.17) is 4.98 Å². The number of aromatic nitrogens is 2. The molecule has 2 heterocycles. The van der Waals surface area contributed by atoms with Gasteiger partial charge in [-0.25, -0.2) is 4.98 Å². The molecule has 1 aliphatic rings. The van der Waals surface area contributed by atoms with E-state index in [1.54, 1.807) is 23.1 Å². The van der Waals surface area contributed by atoms with Crippen LogP contribution in [0.1, 0.15) is 50.1 Å². The van der Waals surface area contributed by atoms with Crippen LogP contribution >= 0.6 is 23.1 Å². The van der Waals surface area contributed by atoms with Crippen LogP contribution in [-0.4, -0.2) is 15.3 Å². The standard InChI is InChI=1S/C23H28N2OS2/c1-5-27-22-24-20-19(21(26)25(22)14-15-9-7-6-8-10-15)17-12-11-16(23(2,3)4)13-18(17)28-20/h6-10,16H,5,11-14H2,1-4H3/t16-/m1/s1. The topological polar surface area (TPSA) is 34.9 Å². The Kier molecular flexibility index (Phi) is 5.41. The molecule has 0 spiro atoms. The zero-order chi connectivity index (χ0) is 19.9. The number of aryl methyl sites for hydroxylation is 1. The summed E-state index contributed by atoms with van der Waals surface area (Å²) in [7, 11) is 0. The zero-order valence-corrected chi connectivity index (χ0v) is 18.8. The molecule has 5 heteroatoms. The second-order valence-corrected chi connectivity index (χ2v) is 11.0. The maximum Gasteiger partial charge on any atom is 0.263 e. The highest BCUT2D eigenvalue weighted by atomic mass is 32.2. The first-order valence-corrected chi connectivity index (χ1v) is 11.9. The zero-order valence-electron chi connectivity index (χ0n) is 17.1. The van der Waals surface area contributed by atoms with Gasteiger partial charge >= 0.3 is 0 Å². The molecule has 148 valence electrons. The van der Waals surface area contributed by atoms with Crippen molar-refractivity contribution in [2.45, 2.75) is 58.7 Å². The van der Waals surface area contributed by atoms with Gasteiger partial charge in [0.2, 0.25) is 0 Å². The monoisotopic (exact) mass is 412 g/mol. The van der Waals surface area contributed by atoms with Crippen molar-refractivity contribution in [2.24, 2.45) is 11.3 Å². The molecule has 3 nitrogen and oxygen atoms in total. The van der Waals surface area contributed by atoms with Crippen LogP contribution in [0.15, 0.2) is 40.3 Å². The van der Waals surface area contributed by atoms with Crippen LogP contribution in [0.2, 0.25) is 0 Å². The highest BCUT2D eigenvalue weighted by Gasteiger charge is 2.32. The van der Waals surface area contributed by atoms with Gasteiger partial charge in [0.15, 0.2) is 5.16 Å². The Hall–Kier alpha value is -1.59. The molecule has 28 heavy (non-hydrogen) atoms. The number of rotatable bonds is 4. The van der Waals surface area contributed by atoms with Crippen molar-refractivity contribution in [3.63, 3.8) is 0 Å². The van der Waals surface area contributed by atoms with E-state index in [1.807, 2.05) is 22.8 Å². The molecular formula is C23H28N2OS2. The van der Waals surface area contributed by atoms with Crippen molar-refractivity contribution in [1.29, 1.82) is 0 Å². The van der Waals surface area contributed by atoms with Gasteiger partial charge in [-0.2, -0.15) is 0 Å². The summed E-state index contributed by atoms with van der Waals surface area (Å²) in [6.07, 6.45) is 3.24. The summed E-state index contributed by atoms with van der Waals surface area (Å²) in [5.74, 6) is 1.58. The first-order chi connectivity index (χ1) is 13.4. The van der Waals surface area contributed by atoms with Crippen molar-refractivity contribution < 1.29 is 0 Å². The van der Waals surface area contributed by atoms with E-state index in [0.29, 0.717) is 17.9 Å². The van der Waals surface area contributed by atoms with Crippen molar-refractivity contribution in [3.8, 4) is 0 Å². The molecule has 0 bridgehead atoms. The van der Waals surface area contributed by atoms with Gasteiger partial charge in [0.25, 0.3) is 5.56 Å². The van der Waals surface area contributed by atoms with Gasteiger partial charge in [-0.1, -0.05) is 69.8 Å². The Balaban J connectivity index is 1.83. The van der Waals surface area contributed by atoms with Crippen LogP contribution < -0.4 is 5.56 Å². The lowest BCUT2D eigenvalue weighted by Crippen LogP contribution is -2.27. The van der Waals surface area contributed by atoms with Gasteiger partial charge in [-0.3, -0.25) is 9.36 Å². The number of hydrogen-bond acceptors (Lipinski definition) is 4. The fourth-order valence-electron chi connectivity index (χ4n) is 4.12. The van der Waals surface area contributed by atoms with E-state index >= 15 is 0 Å². The summed E-state index contributed by atoms with van der Waals surface area (Å²) in [5, 5.41) is 1.72. The van der Waals surface area contributed by atoms with Crippen molar-refractivity contribution in [2.75, 3.05) is 5.75 Å². The van der Waals surface area contributed by atoms with Crippen LogP contribution in [-0.2, 0) is 19.4 Å². The largest absolute Gasteiger partial charge is 0.283 e. The second-order valence-electron chi connectivity index (χ2n) is 8.69. The average Bonchev–Trinajstić information content (AvgIpc) is 3.03. The average molecular weight is 413 g/mol. The second kappa shape index (κ2) is 7.68. The van der Waals surface area contributed by atoms with E-state index < -0.39 is 0 Å². The SMILES string of the molecule is CCSc1nc2sc3c(c2c(=O)n1Cc1ccccc1)CC[C@@H](C(C)(C)C)C3. The number of fused-ring (bicyclic) bond motifs is 3. The lowest BCUT2D eigenvalue weighted by atomic mass is 9.72. The first-order valence-electron chi connectivity index (χ1n) is 10.1. The van der Waals surface area contributed by atoms with Gasteiger partial charge < -0.3 is 0 Å². The number of benzene rings is 1. The van der Waals surface area contributed by atoms with Crippen molar-refractivity contribution in [1.82, 2.24) is 9.55 Å². The Morgan fingerprint density at radius 1 is 1.25 bits per heavy atom. The summed E-state index contributed by atoms with van der Waals surface area (Å²) in [6, 6.07) is 10.2. The van der Waals surface area contributed by atoms with E-state index in [9.17, 15) is 4.79 Å². The molecule has 0 aliphatic heterocycles. The van der Waals surface area contributed by atoms with Crippen LogP contribution in [0.4, 0.5) is 0 Å². The smallest absolute Gasteiger partial charge is 0.263 e. The highest BCUT2D eigenvalue weighted by molar-refractivity contribution is 7.99. The molecule has 0 N–H and O–H groups in total. The Labute approximate surface area is 175 Å². The van der Waals surface area contributed by atoms with E-state index in [-0.39, 0.29) is 5.56 Å². The summed E-state index contributed by atoms with van der Waals surface area (Å²) in [4.78, 5) is 20.8. The Morgan fingerprint density at radius 3 is 2.68 bits per heavy atom. The lowest BCUT2D eigenvalue weighted by Gasteiger charge is -2.33. The number of thioether (sulfide) groups is 1. The molecule has 0 radical (unpaired) electrons. The summed E-state index contributed by atoms with van der Waals surface area (Å²) in [5.41, 5.74) is 2.85. The van der Waals surface area contributed by atoms with Gasteiger partial charge in [0.05, 0.1) is 11.9 Å². The molecule has 3 aromatic rings. The molecule has 1 aromatic carbocycles. The molecule has 0 fully saturated rings. The number of hydrogen-bond donors (Lipinski definition) is 0. The van der Waals surface area contributed by atoms with Crippen molar-refractivity contribution >= 4 is 33.3 Å². The van der Waals surface area contributed by atoms with Crippen molar-refractivity contribution in [3.05, 3.63) is 56.7 Å². The van der Waals surface area contributed by atoms with Gasteiger partial charge in [0, 0.05) is 4.88 Å². The van der Waals surface area contributed by atoms with Crippen LogP contribution in [0.3, 0.4) is 0 Å². The van der Waals surface area contributed by atoms with Crippen LogP contribution in [0.5, 0.6) is 0 Å². The molecule has 0 saturated carbocycles. The van der Waals surface area contributed by atoms with E-state index in [0.717, 1.165) is 46.0 Å². The molecule has 0 unspecified atom stereocenters. The van der Waals surface area contributed by atoms with Gasteiger partial charge in [0.1, 0.15) is 4.83 Å². The summed E-state index contributed by atoms with van der Waals surface area (Å²) in [6.45, 7) is 9.69. The summed E-state index contributed by atoms with van der Waals surface area (Å²) >= 11 is 3.41. The lowest BCUT2D eigenvalue weighted by molar-refractivity contribution is 0.218. The van der Waals surface area contributed by atoms with Crippen LogP contribution in [0.25, 0.3) is 10.2 Å². The predicted octanol–water partition coefficient (Wildman–Crippen LogP) is 5.77. The minimum atomic E-state index is 0.136. The first kappa shape index (κ1) is 19.7. The number of nitrogens with zero attached hydrogens (tertiary/aromatic N) is 2. The minimum absolute atomic E-state index is 0.136. The van der Waals surface area contributed by atoms with Gasteiger partial charge in [-0.15, -0.1) is 11.3 Å². The maximum atomic E-state index is 13.6. The maximum absolute atomic E-state index is 13.6. The minimum Gasteiger partial charge on any atom is -0.283 e. The molecule has 1 aliphatic carbocycles. The molecule has 0 amide bonds. The third-order valence-electron chi connectivity index (χ3n) is 5.82. The quantitative estimate of drug-likeness (QED) is 0.403. The van der Waals surface area contributed by atoms with E-state index in [1.165, 1.54) is 10.4 Å². The molecular weight excluding hydrogens is 384 g/mol. The fraction of sp³-hybridized carbons (Fsp3) is 0.478. The Bertz CT molecular complexity index is 1040. The molecule has 0 saturated heterocycles. The van der Waals surface area contributed by atoms with Gasteiger partial charge in [-0.05, 0) is 47.5 Å². The third kappa shape index (κ3) is 3.67. The Morgan fingerprint density at radius 2 is 2.00 bits per heavy atom. The summed E-state index contributed by atoms with van der Waals surface area (Å²) < 4.78 is 1.88. The molecule has 2 aromatic heterocycles. The molecule has 1 atom stereocenters. The highest BCUT2D eigenvalue weighted by Crippen LogP contribution is 2.42. The third-order valence-corrected chi connectivity index (χ3v) is 7.82. The molecule has 4 rings (SSSR count).